The zero-order valence-corrected chi connectivity index (χ0v) is 26.6. The smallest absolute Gasteiger partial charge is 0.311 e. The number of ether oxygens (including phenoxy) is 1. The number of fused-ring (bicyclic) bond motifs is 6. The first-order chi connectivity index (χ1) is 20.9. The normalized spacial score (nSPS) is 21.4. The second-order valence-corrected chi connectivity index (χ2v) is 14.3. The summed E-state index contributed by atoms with van der Waals surface area (Å²) in [6, 6.07) is 5.82. The first kappa shape index (κ1) is 30.1. The SMILES string of the molecule is COc1ccc(C2CCCCC2)c2c1cc1n2CC2=C(C(=O)NS(=O)(=O)N(C)C)C2=C2C=CC[C@@H](NC(=O)C(=O)N(C)C)C21. The van der Waals surface area contributed by atoms with Crippen LogP contribution < -0.4 is 14.8 Å². The Bertz CT molecular complexity index is 1770. The highest BCUT2D eigenvalue weighted by Gasteiger charge is 2.47. The number of rotatable bonds is 6. The molecule has 0 spiro atoms. The molecule has 1 aromatic carbocycles. The van der Waals surface area contributed by atoms with Crippen LogP contribution >= 0.6 is 0 Å². The van der Waals surface area contributed by atoms with Gasteiger partial charge in [0.1, 0.15) is 5.75 Å². The molecule has 1 unspecified atom stereocenters. The Kier molecular flexibility index (Phi) is 7.69. The van der Waals surface area contributed by atoms with E-state index < -0.39 is 39.9 Å². The lowest BCUT2D eigenvalue weighted by atomic mass is 9.81. The van der Waals surface area contributed by atoms with E-state index >= 15 is 0 Å². The van der Waals surface area contributed by atoms with Crippen molar-refractivity contribution in [2.45, 2.75) is 62.9 Å². The van der Waals surface area contributed by atoms with Gasteiger partial charge in [-0.1, -0.05) is 37.5 Å². The maximum Gasteiger partial charge on any atom is 0.311 e. The number of aromatic nitrogens is 1. The van der Waals surface area contributed by atoms with Crippen molar-refractivity contribution in [3.63, 3.8) is 0 Å². The van der Waals surface area contributed by atoms with Crippen LogP contribution in [-0.2, 0) is 31.1 Å². The summed E-state index contributed by atoms with van der Waals surface area (Å²) in [5.41, 5.74) is 5.88. The summed E-state index contributed by atoms with van der Waals surface area (Å²) >= 11 is 0. The van der Waals surface area contributed by atoms with Crippen LogP contribution in [0.25, 0.3) is 10.9 Å². The number of hydrogen-bond donors (Lipinski definition) is 2. The first-order valence-corrected chi connectivity index (χ1v) is 16.5. The van der Waals surface area contributed by atoms with Gasteiger partial charge in [-0.05, 0) is 59.6 Å². The second-order valence-electron chi connectivity index (χ2n) is 12.4. The summed E-state index contributed by atoms with van der Waals surface area (Å²) in [6.07, 6.45) is 10.1. The number of carbonyl (C=O) groups is 3. The van der Waals surface area contributed by atoms with Crippen LogP contribution in [-0.4, -0.2) is 81.3 Å². The fraction of sp³-hybridized carbons (Fsp3) is 0.469. The van der Waals surface area contributed by atoms with E-state index in [0.717, 1.165) is 56.2 Å². The van der Waals surface area contributed by atoms with E-state index in [4.69, 9.17) is 4.74 Å². The van der Waals surface area contributed by atoms with Gasteiger partial charge in [0.15, 0.2) is 0 Å². The Hall–Kier alpha value is -3.90. The average Bonchev–Trinajstić information content (AvgIpc) is 3.63. The van der Waals surface area contributed by atoms with Crippen LogP contribution in [0.1, 0.15) is 61.6 Å². The van der Waals surface area contributed by atoms with Gasteiger partial charge < -0.3 is 19.5 Å². The molecule has 12 heteroatoms. The summed E-state index contributed by atoms with van der Waals surface area (Å²) in [5, 5.41) is 3.93. The molecule has 1 aromatic heterocycles. The lowest BCUT2D eigenvalue weighted by Gasteiger charge is -2.32. The lowest BCUT2D eigenvalue weighted by molar-refractivity contribution is -0.144. The largest absolute Gasteiger partial charge is 0.496 e. The van der Waals surface area contributed by atoms with Crippen LogP contribution in [0.3, 0.4) is 0 Å². The van der Waals surface area contributed by atoms with Gasteiger partial charge in [-0.2, -0.15) is 12.7 Å². The molecule has 3 amide bonds. The van der Waals surface area contributed by atoms with Crippen molar-refractivity contribution in [1.82, 2.24) is 23.8 Å². The number of nitrogens with one attached hydrogen (secondary N) is 2. The summed E-state index contributed by atoms with van der Waals surface area (Å²) in [7, 11) is 3.44. The Labute approximate surface area is 257 Å². The fourth-order valence-corrected chi connectivity index (χ4v) is 7.62. The Balaban J connectivity index is 1.54. The van der Waals surface area contributed by atoms with Gasteiger partial charge in [0.05, 0.1) is 18.2 Å². The summed E-state index contributed by atoms with van der Waals surface area (Å²) in [6.45, 7) is 0.372. The standard InChI is InChI=1S/C32H39N5O6S/c1-35(2)32(40)31(39)33-23-13-9-12-20-26-22(28(26)30(38)34-44(41,42)36(3)4)17-37-24(27(20)23)16-21-25(43-5)15-14-19(29(21)37)18-10-7-6-8-11-18/h9,12,14-16,18,23,27H,6-8,10-11,13,17H2,1-5H3,(H,33,39)(H,34,38)/t23-,27?/m1/s1. The zero-order valence-electron chi connectivity index (χ0n) is 25.8. The molecule has 44 heavy (non-hydrogen) atoms. The van der Waals surface area contributed by atoms with Gasteiger partial charge in [0, 0.05) is 57.8 Å². The third kappa shape index (κ3) is 5.03. The molecular formula is C32H39N5O6S. The highest BCUT2D eigenvalue weighted by molar-refractivity contribution is 7.87. The van der Waals surface area contributed by atoms with Gasteiger partial charge in [0.25, 0.3) is 5.91 Å². The highest BCUT2D eigenvalue weighted by atomic mass is 32.2. The maximum atomic E-state index is 13.4. The van der Waals surface area contributed by atoms with E-state index in [1.54, 1.807) is 7.11 Å². The number of nitrogens with zero attached hydrogens (tertiary/aromatic N) is 3. The summed E-state index contributed by atoms with van der Waals surface area (Å²) < 4.78 is 36.4. The number of likely N-dealkylation sites (N-methyl/N-ethyl adjacent to an activating group) is 1. The molecule has 1 saturated carbocycles. The average molecular weight is 622 g/mol. The van der Waals surface area contributed by atoms with E-state index in [-0.39, 0.29) is 0 Å². The lowest BCUT2D eigenvalue weighted by Crippen LogP contribution is -2.47. The molecule has 0 saturated heterocycles. The van der Waals surface area contributed by atoms with Crippen LogP contribution in [0.2, 0.25) is 0 Å². The molecule has 2 atom stereocenters. The Morgan fingerprint density at radius 3 is 2.43 bits per heavy atom. The quantitative estimate of drug-likeness (QED) is 0.478. The molecule has 234 valence electrons. The van der Waals surface area contributed by atoms with Crippen LogP contribution in [0, 0.1) is 0 Å². The van der Waals surface area contributed by atoms with Crippen molar-refractivity contribution in [1.29, 1.82) is 0 Å². The van der Waals surface area contributed by atoms with Gasteiger partial charge in [0.2, 0.25) is 0 Å². The molecule has 4 aliphatic rings. The zero-order chi connectivity index (χ0) is 31.5. The molecule has 2 aromatic rings. The van der Waals surface area contributed by atoms with Gasteiger partial charge in [-0.25, -0.2) is 4.72 Å². The van der Waals surface area contributed by atoms with Gasteiger partial charge in [-0.3, -0.25) is 14.4 Å². The Morgan fingerprint density at radius 1 is 1.05 bits per heavy atom. The Morgan fingerprint density at radius 2 is 1.77 bits per heavy atom. The minimum absolute atomic E-state index is 0.353. The summed E-state index contributed by atoms with van der Waals surface area (Å²) in [5.74, 6) is -1.30. The topological polar surface area (TPSA) is 130 Å². The third-order valence-corrected chi connectivity index (χ3v) is 10.7. The number of amides is 3. The maximum absolute atomic E-state index is 13.4. The molecule has 2 heterocycles. The van der Waals surface area contributed by atoms with Crippen molar-refractivity contribution in [3.8, 4) is 5.75 Å². The van der Waals surface area contributed by atoms with E-state index in [0.29, 0.717) is 24.5 Å². The van der Waals surface area contributed by atoms with Crippen LogP contribution in [0.4, 0.5) is 0 Å². The molecule has 1 fully saturated rings. The molecule has 0 bridgehead atoms. The predicted octanol–water partition coefficient (Wildman–Crippen LogP) is 2.86. The minimum Gasteiger partial charge on any atom is -0.496 e. The number of benzene rings is 1. The molecule has 2 N–H and O–H groups in total. The van der Waals surface area contributed by atoms with E-state index in [1.165, 1.54) is 57.9 Å². The molecule has 6 rings (SSSR count). The molecular weight excluding hydrogens is 582 g/mol. The van der Waals surface area contributed by atoms with Crippen LogP contribution in [0.5, 0.6) is 5.75 Å². The van der Waals surface area contributed by atoms with Crippen molar-refractivity contribution in [2.24, 2.45) is 0 Å². The number of allylic oxidation sites excluding steroid dienone is 2. The van der Waals surface area contributed by atoms with E-state index in [1.807, 2.05) is 18.2 Å². The third-order valence-electron chi connectivity index (χ3n) is 9.33. The molecule has 1 aliphatic heterocycles. The fourth-order valence-electron chi connectivity index (χ4n) is 7.10. The minimum atomic E-state index is -4.01. The first-order valence-electron chi connectivity index (χ1n) is 15.1. The second kappa shape index (κ2) is 11.2. The van der Waals surface area contributed by atoms with Gasteiger partial charge in [-0.15, -0.1) is 0 Å². The van der Waals surface area contributed by atoms with Crippen molar-refractivity contribution in [2.75, 3.05) is 35.3 Å². The molecule has 3 aliphatic carbocycles. The molecule has 11 nitrogen and oxygen atoms in total. The van der Waals surface area contributed by atoms with Crippen LogP contribution in [0.15, 0.2) is 52.6 Å². The van der Waals surface area contributed by atoms with Gasteiger partial charge >= 0.3 is 22.0 Å². The van der Waals surface area contributed by atoms with E-state index in [2.05, 4.69) is 26.7 Å². The number of carbonyl (C=O) groups excluding carboxylic acids is 3. The van der Waals surface area contributed by atoms with Crippen molar-refractivity contribution >= 4 is 38.8 Å². The number of hydrogen-bond acceptors (Lipinski definition) is 6. The predicted molar refractivity (Wildman–Crippen MR) is 166 cm³/mol. The summed E-state index contributed by atoms with van der Waals surface area (Å²) in [4.78, 5) is 40.3. The highest BCUT2D eigenvalue weighted by Crippen LogP contribution is 2.54. The van der Waals surface area contributed by atoms with Crippen molar-refractivity contribution < 1.29 is 27.5 Å². The van der Waals surface area contributed by atoms with Crippen molar-refractivity contribution in [3.05, 3.63) is 63.9 Å². The molecule has 0 radical (unpaired) electrons. The number of methoxy groups -OCH3 is 1. The van der Waals surface area contributed by atoms with E-state index in [9.17, 15) is 22.8 Å². The monoisotopic (exact) mass is 621 g/mol.